The standard InChI is InChI=1S/C20H19FN2O3/c1-12-8-9-13(2)14(10-12)17(24)11-23-18(25)20(3,22-19(23)26)15-6-4-5-7-16(15)21/h4-10H,11H2,1-3H3,(H,22,26). The largest absolute Gasteiger partial charge is 0.325 e. The van der Waals surface area contributed by atoms with Crippen LogP contribution in [0, 0.1) is 19.7 Å². The number of amides is 3. The van der Waals surface area contributed by atoms with Gasteiger partial charge in [-0.15, -0.1) is 0 Å². The van der Waals surface area contributed by atoms with Gasteiger partial charge in [0.05, 0.1) is 6.54 Å². The summed E-state index contributed by atoms with van der Waals surface area (Å²) in [6, 6.07) is 10.5. The average molecular weight is 354 g/mol. The zero-order chi connectivity index (χ0) is 19.1. The fourth-order valence-corrected chi connectivity index (χ4v) is 3.15. The van der Waals surface area contributed by atoms with Gasteiger partial charge in [0, 0.05) is 11.1 Å². The van der Waals surface area contributed by atoms with Crippen LogP contribution >= 0.6 is 0 Å². The Bertz CT molecular complexity index is 925. The van der Waals surface area contributed by atoms with Gasteiger partial charge in [-0.05, 0) is 38.5 Å². The number of benzene rings is 2. The summed E-state index contributed by atoms with van der Waals surface area (Å²) >= 11 is 0. The first-order valence-corrected chi connectivity index (χ1v) is 8.23. The van der Waals surface area contributed by atoms with E-state index in [1.807, 2.05) is 19.1 Å². The molecule has 0 bridgehead atoms. The van der Waals surface area contributed by atoms with Gasteiger partial charge in [-0.25, -0.2) is 9.18 Å². The third-order valence-electron chi connectivity index (χ3n) is 4.68. The highest BCUT2D eigenvalue weighted by molar-refractivity contribution is 6.11. The molecule has 5 nitrogen and oxygen atoms in total. The molecule has 0 saturated carbocycles. The number of nitrogens with one attached hydrogen (secondary N) is 1. The molecule has 0 aliphatic carbocycles. The SMILES string of the molecule is Cc1ccc(C)c(C(=O)CN2C(=O)NC(C)(c3ccccc3F)C2=O)c1. The quantitative estimate of drug-likeness (QED) is 0.678. The van der Waals surface area contributed by atoms with Crippen molar-refractivity contribution in [1.82, 2.24) is 10.2 Å². The Kier molecular flexibility index (Phi) is 4.36. The highest BCUT2D eigenvalue weighted by Gasteiger charge is 2.50. The van der Waals surface area contributed by atoms with E-state index < -0.39 is 23.3 Å². The molecule has 1 heterocycles. The molecule has 0 spiro atoms. The summed E-state index contributed by atoms with van der Waals surface area (Å²) in [7, 11) is 0. The van der Waals surface area contributed by atoms with Crippen LogP contribution in [0.3, 0.4) is 0 Å². The van der Waals surface area contributed by atoms with E-state index in [9.17, 15) is 18.8 Å². The molecule has 1 saturated heterocycles. The first kappa shape index (κ1) is 17.8. The molecule has 2 aromatic rings. The predicted molar refractivity (Wildman–Crippen MR) is 94.2 cm³/mol. The smallest absolute Gasteiger partial charge is 0.319 e. The first-order valence-electron chi connectivity index (χ1n) is 8.23. The van der Waals surface area contributed by atoms with Gasteiger partial charge in [-0.3, -0.25) is 14.5 Å². The summed E-state index contributed by atoms with van der Waals surface area (Å²) < 4.78 is 14.2. The first-order chi connectivity index (χ1) is 12.2. The second kappa shape index (κ2) is 6.37. The number of ketones is 1. The maximum atomic E-state index is 14.2. The Balaban J connectivity index is 1.89. The molecule has 1 fully saturated rings. The molecule has 1 N–H and O–H groups in total. The van der Waals surface area contributed by atoms with Crippen molar-refractivity contribution in [3.63, 3.8) is 0 Å². The molecule has 0 aromatic heterocycles. The number of rotatable bonds is 4. The zero-order valence-electron chi connectivity index (χ0n) is 14.8. The minimum atomic E-state index is -1.54. The number of imide groups is 1. The average Bonchev–Trinajstić information content (AvgIpc) is 2.81. The summed E-state index contributed by atoms with van der Waals surface area (Å²) in [5, 5.41) is 2.52. The van der Waals surface area contributed by atoms with Gasteiger partial charge in [-0.1, -0.05) is 35.9 Å². The number of carbonyl (C=O) groups is 3. The van der Waals surface area contributed by atoms with Crippen molar-refractivity contribution in [2.24, 2.45) is 0 Å². The van der Waals surface area contributed by atoms with Crippen LogP contribution in [0.5, 0.6) is 0 Å². The Morgan fingerprint density at radius 1 is 1.15 bits per heavy atom. The topological polar surface area (TPSA) is 66.5 Å². The molecule has 2 aromatic carbocycles. The Morgan fingerprint density at radius 2 is 1.85 bits per heavy atom. The van der Waals surface area contributed by atoms with E-state index in [1.54, 1.807) is 19.1 Å². The molecule has 0 radical (unpaired) electrons. The van der Waals surface area contributed by atoms with Gasteiger partial charge in [0.15, 0.2) is 5.78 Å². The number of carbonyl (C=O) groups excluding carboxylic acids is 3. The van der Waals surface area contributed by atoms with Crippen molar-refractivity contribution in [2.75, 3.05) is 6.54 Å². The van der Waals surface area contributed by atoms with Gasteiger partial charge in [0.2, 0.25) is 0 Å². The summed E-state index contributed by atoms with van der Waals surface area (Å²) in [4.78, 5) is 38.6. The van der Waals surface area contributed by atoms with Crippen LogP contribution in [-0.2, 0) is 10.3 Å². The maximum absolute atomic E-state index is 14.2. The minimum absolute atomic E-state index is 0.0695. The van der Waals surface area contributed by atoms with Crippen LogP contribution in [0.15, 0.2) is 42.5 Å². The molecule has 26 heavy (non-hydrogen) atoms. The molecule has 1 unspecified atom stereocenters. The van der Waals surface area contributed by atoms with E-state index in [2.05, 4.69) is 5.32 Å². The number of urea groups is 1. The van der Waals surface area contributed by atoms with Crippen LogP contribution in [0.4, 0.5) is 9.18 Å². The number of Topliss-reactive ketones (excluding diaryl/α,β-unsaturated/α-hetero) is 1. The van der Waals surface area contributed by atoms with Crippen LogP contribution in [-0.4, -0.2) is 29.2 Å². The zero-order valence-corrected chi connectivity index (χ0v) is 14.8. The molecular formula is C20H19FN2O3. The van der Waals surface area contributed by atoms with Crippen LogP contribution in [0.25, 0.3) is 0 Å². The highest BCUT2D eigenvalue weighted by atomic mass is 19.1. The van der Waals surface area contributed by atoms with Crippen molar-refractivity contribution >= 4 is 17.7 Å². The van der Waals surface area contributed by atoms with E-state index in [-0.39, 0.29) is 17.9 Å². The lowest BCUT2D eigenvalue weighted by Gasteiger charge is -2.22. The Hall–Kier alpha value is -3.02. The second-order valence-corrected chi connectivity index (χ2v) is 6.67. The van der Waals surface area contributed by atoms with Crippen molar-refractivity contribution in [3.8, 4) is 0 Å². The number of halogens is 1. The molecule has 3 amide bonds. The van der Waals surface area contributed by atoms with Crippen LogP contribution < -0.4 is 5.32 Å². The monoisotopic (exact) mass is 354 g/mol. The maximum Gasteiger partial charge on any atom is 0.325 e. The summed E-state index contributed by atoms with van der Waals surface area (Å²) in [6.07, 6.45) is 0. The summed E-state index contributed by atoms with van der Waals surface area (Å²) in [5.41, 5.74) is 0.673. The van der Waals surface area contributed by atoms with E-state index in [1.165, 1.54) is 25.1 Å². The van der Waals surface area contributed by atoms with Gasteiger partial charge in [0.1, 0.15) is 11.4 Å². The molecule has 1 aliphatic heterocycles. The van der Waals surface area contributed by atoms with Crippen LogP contribution in [0.1, 0.15) is 34.0 Å². The molecule has 3 rings (SSSR count). The van der Waals surface area contributed by atoms with Crippen molar-refractivity contribution in [3.05, 3.63) is 70.5 Å². The normalized spacial score (nSPS) is 19.6. The van der Waals surface area contributed by atoms with E-state index in [0.29, 0.717) is 5.56 Å². The van der Waals surface area contributed by atoms with Gasteiger partial charge in [0.25, 0.3) is 5.91 Å². The molecule has 1 aliphatic rings. The third-order valence-corrected chi connectivity index (χ3v) is 4.68. The summed E-state index contributed by atoms with van der Waals surface area (Å²) in [5.74, 6) is -1.58. The number of hydrogen-bond donors (Lipinski definition) is 1. The van der Waals surface area contributed by atoms with E-state index >= 15 is 0 Å². The molecular weight excluding hydrogens is 335 g/mol. The third kappa shape index (κ3) is 2.87. The van der Waals surface area contributed by atoms with Crippen molar-refractivity contribution < 1.29 is 18.8 Å². The number of aryl methyl sites for hydroxylation is 2. The Labute approximate surface area is 150 Å². The van der Waals surface area contributed by atoms with Crippen LogP contribution in [0.2, 0.25) is 0 Å². The lowest BCUT2D eigenvalue weighted by Crippen LogP contribution is -2.42. The minimum Gasteiger partial charge on any atom is -0.319 e. The predicted octanol–water partition coefficient (Wildman–Crippen LogP) is 3.09. The van der Waals surface area contributed by atoms with Crippen molar-refractivity contribution in [1.29, 1.82) is 0 Å². The number of hydrogen-bond acceptors (Lipinski definition) is 3. The van der Waals surface area contributed by atoms with E-state index in [0.717, 1.165) is 16.0 Å². The molecule has 134 valence electrons. The lowest BCUT2D eigenvalue weighted by molar-refractivity contribution is -0.130. The van der Waals surface area contributed by atoms with E-state index in [4.69, 9.17) is 0 Å². The fourth-order valence-electron chi connectivity index (χ4n) is 3.15. The van der Waals surface area contributed by atoms with Crippen molar-refractivity contribution in [2.45, 2.75) is 26.3 Å². The van der Waals surface area contributed by atoms with Gasteiger partial charge >= 0.3 is 6.03 Å². The molecule has 1 atom stereocenters. The Morgan fingerprint density at radius 3 is 2.54 bits per heavy atom. The fraction of sp³-hybridized carbons (Fsp3) is 0.250. The lowest BCUT2D eigenvalue weighted by atomic mass is 9.91. The highest BCUT2D eigenvalue weighted by Crippen LogP contribution is 2.30. The van der Waals surface area contributed by atoms with Gasteiger partial charge in [-0.2, -0.15) is 0 Å². The molecule has 6 heteroatoms. The van der Waals surface area contributed by atoms with Gasteiger partial charge < -0.3 is 5.32 Å². The summed E-state index contributed by atoms with van der Waals surface area (Å²) in [6.45, 7) is 4.70. The number of nitrogens with zero attached hydrogens (tertiary/aromatic N) is 1. The second-order valence-electron chi connectivity index (χ2n) is 6.67.